The van der Waals surface area contributed by atoms with Crippen LogP contribution in [-0.2, 0) is 4.74 Å². The summed E-state index contributed by atoms with van der Waals surface area (Å²) in [4.78, 5) is 0. The second-order valence-corrected chi connectivity index (χ2v) is 4.04. The zero-order valence-electron chi connectivity index (χ0n) is 11.0. The largest absolute Gasteiger partial charge is 0.498 e. The van der Waals surface area contributed by atoms with Crippen LogP contribution >= 0.6 is 0 Å². The fourth-order valence-electron chi connectivity index (χ4n) is 1.60. The standard InChI is InChI=1S/C15H22O2/c1-4-7-13(3)17-11-10-14-8-6-9-15(12-14)16-5-2/h6,8-13H,4-5,7H2,1-3H3. The number of benzene rings is 1. The molecular weight excluding hydrogens is 212 g/mol. The first-order valence-corrected chi connectivity index (χ1v) is 6.31. The molecule has 1 aromatic carbocycles. The molecule has 0 radical (unpaired) electrons. The van der Waals surface area contributed by atoms with Crippen molar-refractivity contribution < 1.29 is 9.47 Å². The lowest BCUT2D eigenvalue weighted by Gasteiger charge is -2.09. The highest BCUT2D eigenvalue weighted by Crippen LogP contribution is 2.14. The van der Waals surface area contributed by atoms with Gasteiger partial charge in [0.1, 0.15) is 5.75 Å². The lowest BCUT2D eigenvalue weighted by atomic mass is 10.2. The molecule has 94 valence electrons. The van der Waals surface area contributed by atoms with E-state index in [0.29, 0.717) is 6.61 Å². The molecule has 0 aliphatic rings. The van der Waals surface area contributed by atoms with Gasteiger partial charge in [-0.15, -0.1) is 0 Å². The number of hydrogen-bond donors (Lipinski definition) is 0. The van der Waals surface area contributed by atoms with Gasteiger partial charge in [-0.25, -0.2) is 0 Å². The minimum absolute atomic E-state index is 0.284. The van der Waals surface area contributed by atoms with E-state index in [9.17, 15) is 0 Å². The van der Waals surface area contributed by atoms with E-state index < -0.39 is 0 Å². The second kappa shape index (κ2) is 7.77. The molecule has 0 heterocycles. The van der Waals surface area contributed by atoms with Crippen molar-refractivity contribution in [3.8, 4) is 5.75 Å². The molecule has 0 fully saturated rings. The van der Waals surface area contributed by atoms with Gasteiger partial charge < -0.3 is 9.47 Å². The second-order valence-electron chi connectivity index (χ2n) is 4.04. The molecule has 1 rings (SSSR count). The first-order chi connectivity index (χ1) is 8.26. The Balaban J connectivity index is 2.49. The molecule has 0 saturated carbocycles. The summed E-state index contributed by atoms with van der Waals surface area (Å²) in [6.45, 7) is 6.93. The molecule has 17 heavy (non-hydrogen) atoms. The summed E-state index contributed by atoms with van der Waals surface area (Å²) in [5.41, 5.74) is 1.10. The quantitative estimate of drug-likeness (QED) is 0.656. The van der Waals surface area contributed by atoms with Crippen molar-refractivity contribution in [1.29, 1.82) is 0 Å². The lowest BCUT2D eigenvalue weighted by molar-refractivity contribution is 0.154. The Bertz CT molecular complexity index is 345. The van der Waals surface area contributed by atoms with E-state index in [0.717, 1.165) is 24.2 Å². The van der Waals surface area contributed by atoms with Crippen molar-refractivity contribution in [2.24, 2.45) is 0 Å². The van der Waals surface area contributed by atoms with E-state index in [1.807, 2.05) is 37.3 Å². The van der Waals surface area contributed by atoms with Gasteiger partial charge in [0.2, 0.25) is 0 Å². The highest BCUT2D eigenvalue weighted by molar-refractivity contribution is 5.50. The van der Waals surface area contributed by atoms with Gasteiger partial charge in [-0.3, -0.25) is 0 Å². The monoisotopic (exact) mass is 234 g/mol. The van der Waals surface area contributed by atoms with Crippen molar-refractivity contribution in [1.82, 2.24) is 0 Å². The summed E-state index contributed by atoms with van der Waals surface area (Å²) in [5, 5.41) is 0. The fourth-order valence-corrected chi connectivity index (χ4v) is 1.60. The highest BCUT2D eigenvalue weighted by atomic mass is 16.5. The number of hydrogen-bond acceptors (Lipinski definition) is 2. The summed E-state index contributed by atoms with van der Waals surface area (Å²) in [7, 11) is 0. The van der Waals surface area contributed by atoms with E-state index >= 15 is 0 Å². The topological polar surface area (TPSA) is 18.5 Å². The molecule has 2 heteroatoms. The SMILES string of the molecule is CCCC(C)OC=Cc1cccc(OCC)c1. The van der Waals surface area contributed by atoms with Crippen molar-refractivity contribution in [3.05, 3.63) is 36.1 Å². The maximum Gasteiger partial charge on any atom is 0.119 e. The van der Waals surface area contributed by atoms with E-state index in [2.05, 4.69) is 13.8 Å². The maximum atomic E-state index is 5.56. The van der Waals surface area contributed by atoms with E-state index in [4.69, 9.17) is 9.47 Å². The molecule has 2 nitrogen and oxygen atoms in total. The van der Waals surface area contributed by atoms with Crippen LogP contribution in [-0.4, -0.2) is 12.7 Å². The summed E-state index contributed by atoms with van der Waals surface area (Å²) in [6.07, 6.45) is 6.25. The van der Waals surface area contributed by atoms with Crippen molar-refractivity contribution in [2.75, 3.05) is 6.61 Å². The zero-order chi connectivity index (χ0) is 12.5. The van der Waals surface area contributed by atoms with Crippen LogP contribution in [0.4, 0.5) is 0 Å². The molecule has 0 saturated heterocycles. The molecule has 0 aromatic heterocycles. The Hall–Kier alpha value is -1.44. The summed E-state index contributed by atoms with van der Waals surface area (Å²) < 4.78 is 11.0. The van der Waals surface area contributed by atoms with Crippen LogP contribution in [0.2, 0.25) is 0 Å². The Labute approximate surface area is 104 Å². The molecule has 1 atom stereocenters. The van der Waals surface area contributed by atoms with Gasteiger partial charge >= 0.3 is 0 Å². The Morgan fingerprint density at radius 1 is 1.29 bits per heavy atom. The van der Waals surface area contributed by atoms with Gasteiger partial charge in [-0.1, -0.05) is 25.5 Å². The average molecular weight is 234 g/mol. The number of rotatable bonds is 7. The minimum Gasteiger partial charge on any atom is -0.498 e. The molecule has 0 amide bonds. The summed E-state index contributed by atoms with van der Waals surface area (Å²) in [5.74, 6) is 0.899. The molecule has 1 aromatic rings. The van der Waals surface area contributed by atoms with E-state index in [1.165, 1.54) is 0 Å². The molecular formula is C15H22O2. The molecule has 0 bridgehead atoms. The van der Waals surface area contributed by atoms with Crippen molar-refractivity contribution in [2.45, 2.75) is 39.7 Å². The molecule has 0 spiro atoms. The van der Waals surface area contributed by atoms with Crippen LogP contribution in [0.3, 0.4) is 0 Å². The van der Waals surface area contributed by atoms with Crippen LogP contribution in [0.15, 0.2) is 30.5 Å². The van der Waals surface area contributed by atoms with Crippen LogP contribution in [0.1, 0.15) is 39.2 Å². The smallest absolute Gasteiger partial charge is 0.119 e. The average Bonchev–Trinajstić information content (AvgIpc) is 2.30. The van der Waals surface area contributed by atoms with Gasteiger partial charge in [-0.05, 0) is 44.0 Å². The first kappa shape index (κ1) is 13.6. The predicted octanol–water partition coefficient (Wildman–Crippen LogP) is 4.26. The zero-order valence-corrected chi connectivity index (χ0v) is 11.0. The molecule has 0 aliphatic carbocycles. The molecule has 0 N–H and O–H groups in total. The van der Waals surface area contributed by atoms with Crippen LogP contribution in [0.5, 0.6) is 5.75 Å². The third-order valence-corrected chi connectivity index (χ3v) is 2.44. The maximum absolute atomic E-state index is 5.56. The first-order valence-electron chi connectivity index (χ1n) is 6.31. The number of ether oxygens (including phenoxy) is 2. The Morgan fingerprint density at radius 3 is 2.82 bits per heavy atom. The summed E-state index contributed by atoms with van der Waals surface area (Å²) in [6, 6.07) is 7.99. The van der Waals surface area contributed by atoms with Crippen LogP contribution in [0.25, 0.3) is 6.08 Å². The van der Waals surface area contributed by atoms with Crippen molar-refractivity contribution in [3.63, 3.8) is 0 Å². The van der Waals surface area contributed by atoms with Gasteiger partial charge in [0.15, 0.2) is 0 Å². The van der Waals surface area contributed by atoms with E-state index in [-0.39, 0.29) is 6.10 Å². The minimum atomic E-state index is 0.284. The van der Waals surface area contributed by atoms with Gasteiger partial charge in [0.25, 0.3) is 0 Å². The highest BCUT2D eigenvalue weighted by Gasteiger charge is 1.97. The normalized spacial score (nSPS) is 12.6. The van der Waals surface area contributed by atoms with Crippen LogP contribution in [0, 0.1) is 0 Å². The van der Waals surface area contributed by atoms with Crippen LogP contribution < -0.4 is 4.74 Å². The predicted molar refractivity (Wildman–Crippen MR) is 72.1 cm³/mol. The molecule has 0 aliphatic heterocycles. The lowest BCUT2D eigenvalue weighted by Crippen LogP contribution is -2.02. The van der Waals surface area contributed by atoms with Gasteiger partial charge in [0.05, 0.1) is 19.0 Å². The molecule has 1 unspecified atom stereocenters. The van der Waals surface area contributed by atoms with Gasteiger partial charge in [0, 0.05) is 0 Å². The Kier molecular flexibility index (Phi) is 6.23. The Morgan fingerprint density at radius 2 is 2.12 bits per heavy atom. The third kappa shape index (κ3) is 5.43. The van der Waals surface area contributed by atoms with E-state index in [1.54, 1.807) is 6.26 Å². The third-order valence-electron chi connectivity index (χ3n) is 2.44. The summed E-state index contributed by atoms with van der Waals surface area (Å²) >= 11 is 0. The fraction of sp³-hybridized carbons (Fsp3) is 0.467. The van der Waals surface area contributed by atoms with Gasteiger partial charge in [-0.2, -0.15) is 0 Å². The van der Waals surface area contributed by atoms with Crippen molar-refractivity contribution >= 4 is 6.08 Å².